The topological polar surface area (TPSA) is 28.2 Å². The highest BCUT2D eigenvalue weighted by atomic mass is 19.1. The van der Waals surface area contributed by atoms with Crippen LogP contribution in [0.2, 0.25) is 0 Å². The van der Waals surface area contributed by atoms with Crippen molar-refractivity contribution in [3.8, 4) is 0 Å². The predicted octanol–water partition coefficient (Wildman–Crippen LogP) is 3.59. The van der Waals surface area contributed by atoms with E-state index < -0.39 is 0 Å². The molecule has 2 heterocycles. The van der Waals surface area contributed by atoms with Gasteiger partial charge in [-0.15, -0.1) is 0 Å². The van der Waals surface area contributed by atoms with Gasteiger partial charge in [0.05, 0.1) is 6.20 Å². The lowest BCUT2D eigenvalue weighted by Crippen LogP contribution is -2.39. The second-order valence-electron chi connectivity index (χ2n) is 7.04. The van der Waals surface area contributed by atoms with Crippen LogP contribution in [0.25, 0.3) is 0 Å². The summed E-state index contributed by atoms with van der Waals surface area (Å²) in [4.78, 5) is 6.67. The van der Waals surface area contributed by atoms with Crippen molar-refractivity contribution in [1.82, 2.24) is 10.3 Å². The monoisotopic (exact) mass is 293 g/mol. The van der Waals surface area contributed by atoms with E-state index in [0.29, 0.717) is 12.0 Å². The lowest BCUT2D eigenvalue weighted by molar-refractivity contribution is 0.198. The van der Waals surface area contributed by atoms with Gasteiger partial charge in [0.15, 0.2) is 0 Å². The van der Waals surface area contributed by atoms with Crippen LogP contribution in [0.1, 0.15) is 46.1 Å². The number of piperidine rings is 1. The van der Waals surface area contributed by atoms with Crippen LogP contribution in [0.4, 0.5) is 10.2 Å². The van der Waals surface area contributed by atoms with Crippen LogP contribution >= 0.6 is 0 Å². The molecular formula is C17H28FN3. The minimum absolute atomic E-state index is 0.253. The number of nitrogens with zero attached hydrogens (tertiary/aromatic N) is 2. The highest BCUT2D eigenvalue weighted by Gasteiger charge is 2.29. The molecule has 1 aromatic rings. The first-order chi connectivity index (χ1) is 9.91. The maximum absolute atomic E-state index is 13.5. The van der Waals surface area contributed by atoms with Gasteiger partial charge in [-0.3, -0.25) is 0 Å². The van der Waals surface area contributed by atoms with Crippen molar-refractivity contribution >= 4 is 5.82 Å². The lowest BCUT2D eigenvalue weighted by Gasteiger charge is -2.39. The molecule has 118 valence electrons. The second kappa shape index (κ2) is 6.73. The Morgan fingerprint density at radius 1 is 1.33 bits per heavy atom. The molecule has 1 aliphatic rings. The Morgan fingerprint density at radius 3 is 2.57 bits per heavy atom. The number of halogens is 1. The standard InChI is InChI=1S/C17H28FN3/c1-5-19-11-13-10-15(18)12-20-16(13)21-8-6-14(7-9-21)17(2,3)4/h10,12,14,19H,5-9,11H2,1-4H3. The summed E-state index contributed by atoms with van der Waals surface area (Å²) in [5.74, 6) is 1.45. The Morgan fingerprint density at radius 2 is 2.00 bits per heavy atom. The van der Waals surface area contributed by atoms with Gasteiger partial charge in [-0.05, 0) is 36.8 Å². The first-order valence-electron chi connectivity index (χ1n) is 8.02. The molecule has 1 N–H and O–H groups in total. The van der Waals surface area contributed by atoms with Gasteiger partial charge in [0.25, 0.3) is 0 Å². The van der Waals surface area contributed by atoms with Crippen molar-refractivity contribution in [2.45, 2.75) is 47.1 Å². The molecule has 1 saturated heterocycles. The minimum atomic E-state index is -0.253. The number of nitrogens with one attached hydrogen (secondary N) is 1. The van der Waals surface area contributed by atoms with E-state index >= 15 is 0 Å². The van der Waals surface area contributed by atoms with Gasteiger partial charge in [-0.1, -0.05) is 27.7 Å². The number of hydrogen-bond donors (Lipinski definition) is 1. The fourth-order valence-electron chi connectivity index (χ4n) is 3.11. The fraction of sp³-hybridized carbons (Fsp3) is 0.706. The third-order valence-corrected chi connectivity index (χ3v) is 4.49. The van der Waals surface area contributed by atoms with E-state index in [2.05, 4.69) is 42.9 Å². The van der Waals surface area contributed by atoms with E-state index in [4.69, 9.17) is 0 Å². The third-order valence-electron chi connectivity index (χ3n) is 4.49. The van der Waals surface area contributed by atoms with Gasteiger partial charge in [0, 0.05) is 25.2 Å². The van der Waals surface area contributed by atoms with Crippen LogP contribution < -0.4 is 10.2 Å². The zero-order valence-electron chi connectivity index (χ0n) is 13.7. The molecule has 0 atom stereocenters. The average molecular weight is 293 g/mol. The summed E-state index contributed by atoms with van der Waals surface area (Å²) < 4.78 is 13.5. The van der Waals surface area contributed by atoms with E-state index in [1.54, 1.807) is 6.07 Å². The van der Waals surface area contributed by atoms with Crippen LogP contribution in [0.15, 0.2) is 12.3 Å². The largest absolute Gasteiger partial charge is 0.356 e. The van der Waals surface area contributed by atoms with E-state index in [1.807, 2.05) is 0 Å². The zero-order chi connectivity index (χ0) is 15.5. The quantitative estimate of drug-likeness (QED) is 0.919. The molecule has 0 bridgehead atoms. The third kappa shape index (κ3) is 4.16. The Labute approximate surface area is 127 Å². The molecule has 1 aromatic heterocycles. The molecule has 3 nitrogen and oxygen atoms in total. The van der Waals surface area contributed by atoms with E-state index in [-0.39, 0.29) is 5.82 Å². The van der Waals surface area contributed by atoms with E-state index in [9.17, 15) is 4.39 Å². The summed E-state index contributed by atoms with van der Waals surface area (Å²) in [6.07, 6.45) is 3.70. The molecule has 0 amide bonds. The maximum atomic E-state index is 13.5. The molecule has 0 aliphatic carbocycles. The molecule has 1 fully saturated rings. The minimum Gasteiger partial charge on any atom is -0.356 e. The Balaban J connectivity index is 2.09. The molecular weight excluding hydrogens is 265 g/mol. The number of rotatable bonds is 4. The normalized spacial score (nSPS) is 17.3. The summed E-state index contributed by atoms with van der Waals surface area (Å²) in [7, 11) is 0. The molecule has 0 unspecified atom stereocenters. The van der Waals surface area contributed by atoms with Crippen LogP contribution in [0, 0.1) is 17.2 Å². The summed E-state index contributed by atoms with van der Waals surface area (Å²) in [6, 6.07) is 1.61. The first kappa shape index (κ1) is 16.2. The lowest BCUT2D eigenvalue weighted by atomic mass is 9.75. The van der Waals surface area contributed by atoms with Crippen LogP contribution in [0.3, 0.4) is 0 Å². The van der Waals surface area contributed by atoms with Crippen molar-refractivity contribution in [2.75, 3.05) is 24.5 Å². The van der Waals surface area contributed by atoms with E-state index in [0.717, 1.165) is 36.9 Å². The van der Waals surface area contributed by atoms with Gasteiger partial charge < -0.3 is 10.2 Å². The summed E-state index contributed by atoms with van der Waals surface area (Å²) in [5.41, 5.74) is 1.33. The number of anilines is 1. The van der Waals surface area contributed by atoms with Gasteiger partial charge in [0.1, 0.15) is 11.6 Å². The van der Waals surface area contributed by atoms with Gasteiger partial charge >= 0.3 is 0 Å². The highest BCUT2D eigenvalue weighted by Crippen LogP contribution is 2.35. The maximum Gasteiger partial charge on any atom is 0.141 e. The molecule has 0 spiro atoms. The summed E-state index contributed by atoms with van der Waals surface area (Å²) in [5, 5.41) is 3.27. The fourth-order valence-corrected chi connectivity index (χ4v) is 3.11. The molecule has 0 aromatic carbocycles. The molecule has 1 aliphatic heterocycles. The smallest absolute Gasteiger partial charge is 0.141 e. The molecule has 21 heavy (non-hydrogen) atoms. The van der Waals surface area contributed by atoms with Crippen molar-refractivity contribution in [3.05, 3.63) is 23.6 Å². The molecule has 4 heteroatoms. The van der Waals surface area contributed by atoms with Gasteiger partial charge in [-0.2, -0.15) is 0 Å². The van der Waals surface area contributed by atoms with Crippen LogP contribution in [-0.2, 0) is 6.54 Å². The zero-order valence-corrected chi connectivity index (χ0v) is 13.7. The number of aromatic nitrogens is 1. The highest BCUT2D eigenvalue weighted by molar-refractivity contribution is 5.47. The van der Waals surface area contributed by atoms with Crippen LogP contribution in [-0.4, -0.2) is 24.6 Å². The molecule has 0 saturated carbocycles. The average Bonchev–Trinajstić information content (AvgIpc) is 2.44. The second-order valence-corrected chi connectivity index (χ2v) is 7.04. The Hall–Kier alpha value is -1.16. The molecule has 0 radical (unpaired) electrons. The summed E-state index contributed by atoms with van der Waals surface area (Å²) >= 11 is 0. The van der Waals surface area contributed by atoms with Crippen molar-refractivity contribution < 1.29 is 4.39 Å². The first-order valence-corrected chi connectivity index (χ1v) is 8.02. The SMILES string of the molecule is CCNCc1cc(F)cnc1N1CCC(C(C)(C)C)CC1. The predicted molar refractivity (Wildman–Crippen MR) is 86.0 cm³/mol. The van der Waals surface area contributed by atoms with Crippen molar-refractivity contribution in [1.29, 1.82) is 0 Å². The van der Waals surface area contributed by atoms with Crippen molar-refractivity contribution in [2.24, 2.45) is 11.3 Å². The van der Waals surface area contributed by atoms with Crippen molar-refractivity contribution in [3.63, 3.8) is 0 Å². The Bertz CT molecular complexity index is 460. The Kier molecular flexibility index (Phi) is 5.20. The number of hydrogen-bond acceptors (Lipinski definition) is 3. The molecule has 2 rings (SSSR count). The van der Waals surface area contributed by atoms with Gasteiger partial charge in [0.2, 0.25) is 0 Å². The van der Waals surface area contributed by atoms with Crippen LogP contribution in [0.5, 0.6) is 0 Å². The van der Waals surface area contributed by atoms with Gasteiger partial charge in [-0.25, -0.2) is 9.37 Å². The van der Waals surface area contributed by atoms with E-state index in [1.165, 1.54) is 19.0 Å². The summed E-state index contributed by atoms with van der Waals surface area (Å²) in [6.45, 7) is 12.6. The number of pyridine rings is 1.